The van der Waals surface area contributed by atoms with Crippen LogP contribution >= 0.6 is 11.6 Å². The Balaban J connectivity index is 0.979. The summed E-state index contributed by atoms with van der Waals surface area (Å²) in [6, 6.07) is 0.0303. The van der Waals surface area contributed by atoms with Gasteiger partial charge >= 0.3 is 18.1 Å². The highest BCUT2D eigenvalue weighted by Crippen LogP contribution is 2.51. The van der Waals surface area contributed by atoms with Crippen LogP contribution in [0.25, 0.3) is 10.9 Å². The zero-order valence-electron chi connectivity index (χ0n) is 29.0. The number of halogens is 2. The Morgan fingerprint density at radius 3 is 2.37 bits per heavy atom. The first-order valence-electron chi connectivity index (χ1n) is 17.8. The molecule has 12 nitrogen and oxygen atoms in total. The molecule has 2 aliphatic carbocycles. The van der Waals surface area contributed by atoms with Crippen LogP contribution in [0.2, 0.25) is 5.15 Å². The van der Waals surface area contributed by atoms with Gasteiger partial charge in [-0.15, -0.1) is 0 Å². The van der Waals surface area contributed by atoms with Crippen LogP contribution in [0.4, 0.5) is 15.0 Å². The number of pyridine rings is 1. The lowest BCUT2D eigenvalue weighted by molar-refractivity contribution is -0.152. The van der Waals surface area contributed by atoms with E-state index in [9.17, 15) is 9.59 Å². The number of ether oxygens (including phenoxy) is 4. The van der Waals surface area contributed by atoms with Gasteiger partial charge in [0.1, 0.15) is 23.5 Å². The quantitative estimate of drug-likeness (QED) is 0.234. The monoisotopic (exact) mass is 702 g/mol. The topological polar surface area (TPSA) is 119 Å². The van der Waals surface area contributed by atoms with Gasteiger partial charge in [-0.25, -0.2) is 19.0 Å². The van der Waals surface area contributed by atoms with Gasteiger partial charge in [-0.1, -0.05) is 11.6 Å². The number of rotatable bonds is 10. The summed E-state index contributed by atoms with van der Waals surface area (Å²) >= 11 is 6.10. The molecule has 14 heteroatoms. The van der Waals surface area contributed by atoms with Gasteiger partial charge in [0.05, 0.1) is 36.8 Å². The number of fused-ring (bicyclic) bond motifs is 3. The number of amides is 1. The summed E-state index contributed by atoms with van der Waals surface area (Å²) in [6.45, 7) is 12.4. The van der Waals surface area contributed by atoms with E-state index >= 15 is 4.39 Å². The zero-order valence-corrected chi connectivity index (χ0v) is 29.8. The molecule has 0 aromatic carbocycles. The SMILES string of the molecule is CCOC(=O)COC1CCC2(CC1)CN(CC1(COc3nc(N4CC5CCC(C4)N5C(=O)OC(C)(C)C)c4cnc(Cl)c(F)c4n3)CC1)C2. The van der Waals surface area contributed by atoms with Crippen molar-refractivity contribution >= 4 is 40.4 Å². The van der Waals surface area contributed by atoms with Crippen molar-refractivity contribution in [3.8, 4) is 6.01 Å². The number of esters is 1. The Morgan fingerprint density at radius 1 is 1.04 bits per heavy atom. The molecule has 0 N–H and O–H groups in total. The first-order valence-corrected chi connectivity index (χ1v) is 18.1. The summed E-state index contributed by atoms with van der Waals surface area (Å²) in [5, 5.41) is 0.218. The molecule has 1 spiro atoms. The first-order chi connectivity index (χ1) is 23.3. The van der Waals surface area contributed by atoms with Crippen LogP contribution in [0, 0.1) is 16.6 Å². The fourth-order valence-corrected chi connectivity index (χ4v) is 8.44. The molecular formula is C35H48ClFN6O6. The minimum atomic E-state index is -0.698. The highest BCUT2D eigenvalue weighted by Gasteiger charge is 2.52. The molecule has 3 saturated heterocycles. The van der Waals surface area contributed by atoms with Crippen molar-refractivity contribution in [3.63, 3.8) is 0 Å². The molecule has 7 rings (SSSR count). The van der Waals surface area contributed by atoms with E-state index in [-0.39, 0.29) is 59.0 Å². The second-order valence-corrected chi connectivity index (χ2v) is 16.2. The van der Waals surface area contributed by atoms with E-state index in [0.29, 0.717) is 42.9 Å². The Labute approximate surface area is 291 Å². The van der Waals surface area contributed by atoms with Gasteiger partial charge in [-0.05, 0) is 84.5 Å². The summed E-state index contributed by atoms with van der Waals surface area (Å²) in [5.41, 5.74) is -0.149. The molecule has 2 atom stereocenters. The van der Waals surface area contributed by atoms with Crippen molar-refractivity contribution in [2.45, 2.75) is 103 Å². The van der Waals surface area contributed by atoms with E-state index in [4.69, 9.17) is 35.5 Å². The highest BCUT2D eigenvalue weighted by atomic mass is 35.5. The fourth-order valence-electron chi connectivity index (χ4n) is 8.30. The molecule has 2 aromatic rings. The third-order valence-corrected chi connectivity index (χ3v) is 11.1. The van der Waals surface area contributed by atoms with Gasteiger partial charge in [0, 0.05) is 44.3 Å². The number of anilines is 1. The minimum Gasteiger partial charge on any atom is -0.464 e. The second kappa shape index (κ2) is 13.3. The van der Waals surface area contributed by atoms with Crippen molar-refractivity contribution in [1.29, 1.82) is 0 Å². The number of carbonyl (C=O) groups is 2. The maximum atomic E-state index is 15.4. The molecule has 49 heavy (non-hydrogen) atoms. The van der Waals surface area contributed by atoms with Crippen molar-refractivity contribution < 1.29 is 32.9 Å². The van der Waals surface area contributed by atoms with Crippen LogP contribution in [-0.4, -0.2) is 113 Å². The molecule has 2 unspecified atom stereocenters. The zero-order chi connectivity index (χ0) is 34.6. The van der Waals surface area contributed by atoms with Gasteiger partial charge < -0.3 is 28.7 Å². The number of hydrogen-bond donors (Lipinski definition) is 0. The maximum Gasteiger partial charge on any atom is 0.410 e. The molecule has 5 heterocycles. The third-order valence-electron chi connectivity index (χ3n) is 10.9. The Morgan fingerprint density at radius 2 is 1.73 bits per heavy atom. The van der Waals surface area contributed by atoms with Crippen molar-refractivity contribution in [2.24, 2.45) is 10.8 Å². The second-order valence-electron chi connectivity index (χ2n) is 15.9. The Hall–Kier alpha value is -3.03. The number of hydrogen-bond acceptors (Lipinski definition) is 11. The summed E-state index contributed by atoms with van der Waals surface area (Å²) < 4.78 is 38.2. The summed E-state index contributed by atoms with van der Waals surface area (Å²) in [5.74, 6) is -0.452. The smallest absolute Gasteiger partial charge is 0.410 e. The number of carbonyl (C=O) groups excluding carboxylic acids is 2. The Kier molecular flexibility index (Phi) is 9.32. The third kappa shape index (κ3) is 7.39. The predicted octanol–water partition coefficient (Wildman–Crippen LogP) is 5.39. The van der Waals surface area contributed by atoms with Crippen LogP contribution < -0.4 is 9.64 Å². The van der Waals surface area contributed by atoms with Crippen LogP contribution in [0.15, 0.2) is 6.20 Å². The van der Waals surface area contributed by atoms with Crippen LogP contribution in [0.5, 0.6) is 6.01 Å². The van der Waals surface area contributed by atoms with Crippen molar-refractivity contribution in [3.05, 3.63) is 17.2 Å². The van der Waals surface area contributed by atoms with Gasteiger partial charge in [-0.3, -0.25) is 4.90 Å². The van der Waals surface area contributed by atoms with E-state index in [1.807, 2.05) is 25.7 Å². The summed E-state index contributed by atoms with van der Waals surface area (Å²) in [6.07, 6.45) is 9.31. The van der Waals surface area contributed by atoms with Crippen LogP contribution in [-0.2, 0) is 19.0 Å². The first kappa shape index (κ1) is 34.4. The van der Waals surface area contributed by atoms with E-state index in [1.54, 1.807) is 6.92 Å². The molecule has 1 amide bonds. The standard InChI is InChI=1S/C35H48ClFN6O6/c1-5-46-26(44)17-47-24-8-10-34(11-9-24)18-41(19-34)20-35(12-13-35)21-48-31-39-28-25(14-38-29(36)27(28)37)30(40-31)42-15-22-6-7-23(16-42)43(22)32(45)49-33(2,3)4/h14,22-24H,5-13,15-21H2,1-4H3. The molecular weight excluding hydrogens is 655 g/mol. The highest BCUT2D eigenvalue weighted by molar-refractivity contribution is 6.30. The summed E-state index contributed by atoms with van der Waals surface area (Å²) in [7, 11) is 0. The van der Waals surface area contributed by atoms with Crippen molar-refractivity contribution in [1.82, 2.24) is 24.8 Å². The summed E-state index contributed by atoms with van der Waals surface area (Å²) in [4.78, 5) is 44.6. The number of aromatic nitrogens is 3. The van der Waals surface area contributed by atoms with Gasteiger partial charge in [0.2, 0.25) is 0 Å². The van der Waals surface area contributed by atoms with Gasteiger partial charge in [0.25, 0.3) is 0 Å². The van der Waals surface area contributed by atoms with E-state index in [2.05, 4.69) is 19.8 Å². The molecule has 2 bridgehead atoms. The lowest BCUT2D eigenvalue weighted by Crippen LogP contribution is -2.59. The minimum absolute atomic E-state index is 0.0205. The fraction of sp³-hybridized carbons (Fsp3) is 0.743. The molecule has 268 valence electrons. The lowest BCUT2D eigenvalue weighted by Gasteiger charge is -2.54. The number of piperazine rings is 1. The molecule has 2 aromatic heterocycles. The van der Waals surface area contributed by atoms with Gasteiger partial charge in [0.15, 0.2) is 11.0 Å². The molecule has 5 aliphatic rings. The molecule has 3 aliphatic heterocycles. The number of likely N-dealkylation sites (tertiary alicyclic amines) is 1. The molecule has 0 radical (unpaired) electrons. The molecule has 5 fully saturated rings. The van der Waals surface area contributed by atoms with E-state index in [0.717, 1.165) is 71.0 Å². The van der Waals surface area contributed by atoms with E-state index in [1.165, 1.54) is 6.20 Å². The largest absolute Gasteiger partial charge is 0.464 e. The normalized spacial score (nSPS) is 24.6. The van der Waals surface area contributed by atoms with Crippen molar-refractivity contribution in [2.75, 3.05) is 57.4 Å². The maximum absolute atomic E-state index is 15.4. The number of nitrogens with zero attached hydrogens (tertiary/aromatic N) is 6. The molecule has 2 saturated carbocycles. The predicted molar refractivity (Wildman–Crippen MR) is 180 cm³/mol. The average molecular weight is 703 g/mol. The van der Waals surface area contributed by atoms with E-state index < -0.39 is 11.4 Å². The van der Waals surface area contributed by atoms with Gasteiger partial charge in [-0.2, -0.15) is 9.97 Å². The van der Waals surface area contributed by atoms with Crippen LogP contribution in [0.1, 0.15) is 79.1 Å². The average Bonchev–Trinajstić information content (AvgIpc) is 3.75. The lowest BCUT2D eigenvalue weighted by atomic mass is 9.67. The Bertz CT molecular complexity index is 1560. The van der Waals surface area contributed by atoms with Crippen LogP contribution in [0.3, 0.4) is 0 Å².